The molecule has 0 saturated carbocycles. The first-order valence-corrected chi connectivity index (χ1v) is 7.78. The number of hydrogen-bond donors (Lipinski definition) is 1. The largest absolute Gasteiger partial charge is 0.457 e. The number of benzene rings is 2. The van der Waals surface area contributed by atoms with E-state index < -0.39 is 6.10 Å². The van der Waals surface area contributed by atoms with Crippen molar-refractivity contribution in [3.63, 3.8) is 0 Å². The standard InChI is InChI=1S/C18H22ClNO2/c1-20(2)13-3-4-18(21)14-5-9-16(10-6-14)22-17-11-7-15(19)8-12-17/h5-12,18,21H,3-4,13H2,1-2H3. The van der Waals surface area contributed by atoms with Crippen molar-refractivity contribution < 1.29 is 9.84 Å². The Morgan fingerprint density at radius 3 is 2.09 bits per heavy atom. The fourth-order valence-corrected chi connectivity index (χ4v) is 2.29. The zero-order valence-electron chi connectivity index (χ0n) is 13.0. The summed E-state index contributed by atoms with van der Waals surface area (Å²) in [5, 5.41) is 10.9. The molecule has 22 heavy (non-hydrogen) atoms. The zero-order chi connectivity index (χ0) is 15.9. The molecule has 4 heteroatoms. The van der Waals surface area contributed by atoms with Crippen molar-refractivity contribution in [2.24, 2.45) is 0 Å². The fraction of sp³-hybridized carbons (Fsp3) is 0.333. The smallest absolute Gasteiger partial charge is 0.127 e. The van der Waals surface area contributed by atoms with Gasteiger partial charge in [-0.15, -0.1) is 0 Å². The summed E-state index contributed by atoms with van der Waals surface area (Å²) in [4.78, 5) is 2.12. The molecule has 0 bridgehead atoms. The lowest BCUT2D eigenvalue weighted by atomic mass is 10.0. The maximum atomic E-state index is 10.2. The maximum absolute atomic E-state index is 10.2. The molecule has 0 radical (unpaired) electrons. The Kier molecular flexibility index (Phi) is 6.25. The highest BCUT2D eigenvalue weighted by molar-refractivity contribution is 6.30. The van der Waals surface area contributed by atoms with Gasteiger partial charge >= 0.3 is 0 Å². The molecule has 0 aromatic heterocycles. The van der Waals surface area contributed by atoms with Crippen molar-refractivity contribution in [2.45, 2.75) is 18.9 Å². The molecular weight excluding hydrogens is 298 g/mol. The second kappa shape index (κ2) is 8.18. The minimum atomic E-state index is -0.426. The first kappa shape index (κ1) is 16.8. The molecule has 0 aliphatic carbocycles. The summed E-state index contributed by atoms with van der Waals surface area (Å²) in [6.45, 7) is 0.981. The van der Waals surface area contributed by atoms with Crippen LogP contribution in [0.4, 0.5) is 0 Å². The first-order chi connectivity index (χ1) is 10.5. The topological polar surface area (TPSA) is 32.7 Å². The summed E-state index contributed by atoms with van der Waals surface area (Å²) in [7, 11) is 4.07. The molecule has 0 aliphatic rings. The van der Waals surface area contributed by atoms with Crippen LogP contribution in [0.3, 0.4) is 0 Å². The quantitative estimate of drug-likeness (QED) is 0.815. The molecule has 1 unspecified atom stereocenters. The van der Waals surface area contributed by atoms with Crippen LogP contribution in [-0.4, -0.2) is 30.6 Å². The SMILES string of the molecule is CN(C)CCCC(O)c1ccc(Oc2ccc(Cl)cc2)cc1. The first-order valence-electron chi connectivity index (χ1n) is 7.41. The molecule has 0 spiro atoms. The molecule has 0 amide bonds. The molecule has 2 aromatic rings. The third-order valence-electron chi connectivity index (χ3n) is 3.40. The molecule has 0 fully saturated rings. The third kappa shape index (κ3) is 5.34. The van der Waals surface area contributed by atoms with Crippen molar-refractivity contribution in [3.05, 3.63) is 59.1 Å². The lowest BCUT2D eigenvalue weighted by Crippen LogP contribution is -2.13. The Labute approximate surface area is 137 Å². The van der Waals surface area contributed by atoms with Gasteiger partial charge in [0, 0.05) is 5.02 Å². The van der Waals surface area contributed by atoms with Gasteiger partial charge in [0.15, 0.2) is 0 Å². The summed E-state index contributed by atoms with van der Waals surface area (Å²) >= 11 is 5.85. The lowest BCUT2D eigenvalue weighted by molar-refractivity contribution is 0.160. The minimum absolute atomic E-state index is 0.426. The molecule has 2 rings (SSSR count). The number of halogens is 1. The van der Waals surface area contributed by atoms with E-state index in [0.29, 0.717) is 5.02 Å². The second-order valence-corrected chi connectivity index (χ2v) is 6.02. The Bertz CT molecular complexity index is 567. The second-order valence-electron chi connectivity index (χ2n) is 5.59. The minimum Gasteiger partial charge on any atom is -0.457 e. The van der Waals surface area contributed by atoms with Crippen molar-refractivity contribution in [1.82, 2.24) is 4.90 Å². The van der Waals surface area contributed by atoms with E-state index in [1.54, 1.807) is 12.1 Å². The lowest BCUT2D eigenvalue weighted by Gasteiger charge is -2.14. The van der Waals surface area contributed by atoms with Crippen LogP contribution < -0.4 is 4.74 Å². The normalized spacial score (nSPS) is 12.4. The average molecular weight is 320 g/mol. The van der Waals surface area contributed by atoms with E-state index in [2.05, 4.69) is 4.90 Å². The summed E-state index contributed by atoms with van der Waals surface area (Å²) < 4.78 is 5.73. The van der Waals surface area contributed by atoms with Crippen LogP contribution in [0.2, 0.25) is 5.02 Å². The number of rotatable bonds is 7. The van der Waals surface area contributed by atoms with E-state index in [1.807, 2.05) is 50.5 Å². The van der Waals surface area contributed by atoms with Gasteiger partial charge < -0.3 is 14.7 Å². The molecule has 1 atom stereocenters. The Balaban J connectivity index is 1.90. The van der Waals surface area contributed by atoms with Crippen LogP contribution >= 0.6 is 11.6 Å². The fourth-order valence-electron chi connectivity index (χ4n) is 2.16. The van der Waals surface area contributed by atoms with Crippen molar-refractivity contribution in [1.29, 1.82) is 0 Å². The third-order valence-corrected chi connectivity index (χ3v) is 3.65. The van der Waals surface area contributed by atoms with Crippen molar-refractivity contribution >= 4 is 11.6 Å². The van der Waals surface area contributed by atoms with E-state index in [9.17, 15) is 5.11 Å². The van der Waals surface area contributed by atoms with Crippen LogP contribution in [-0.2, 0) is 0 Å². The molecule has 0 heterocycles. The van der Waals surface area contributed by atoms with Gasteiger partial charge in [0.25, 0.3) is 0 Å². The predicted molar refractivity (Wildman–Crippen MR) is 90.7 cm³/mol. The van der Waals surface area contributed by atoms with Crippen LogP contribution in [0, 0.1) is 0 Å². The van der Waals surface area contributed by atoms with Gasteiger partial charge in [0.1, 0.15) is 11.5 Å². The van der Waals surface area contributed by atoms with Gasteiger partial charge in [-0.05, 0) is 75.4 Å². The molecule has 0 saturated heterocycles. The summed E-state index contributed by atoms with van der Waals surface area (Å²) in [5.74, 6) is 1.48. The van der Waals surface area contributed by atoms with Crippen molar-refractivity contribution in [3.8, 4) is 11.5 Å². The molecule has 1 N–H and O–H groups in total. The molecule has 0 aliphatic heterocycles. The monoisotopic (exact) mass is 319 g/mol. The van der Waals surface area contributed by atoms with Crippen LogP contribution in [0.5, 0.6) is 11.5 Å². The van der Waals surface area contributed by atoms with E-state index in [1.165, 1.54) is 0 Å². The molecule has 2 aromatic carbocycles. The van der Waals surface area contributed by atoms with Gasteiger partial charge in [-0.3, -0.25) is 0 Å². The number of nitrogens with zero attached hydrogens (tertiary/aromatic N) is 1. The van der Waals surface area contributed by atoms with Crippen LogP contribution in [0.1, 0.15) is 24.5 Å². The number of hydrogen-bond acceptors (Lipinski definition) is 3. The van der Waals surface area contributed by atoms with Gasteiger partial charge in [-0.2, -0.15) is 0 Å². The highest BCUT2D eigenvalue weighted by atomic mass is 35.5. The van der Waals surface area contributed by atoms with Crippen LogP contribution in [0.25, 0.3) is 0 Å². The highest BCUT2D eigenvalue weighted by Crippen LogP contribution is 2.25. The van der Waals surface area contributed by atoms with Crippen LogP contribution in [0.15, 0.2) is 48.5 Å². The van der Waals surface area contributed by atoms with E-state index in [4.69, 9.17) is 16.3 Å². The van der Waals surface area contributed by atoms with E-state index in [-0.39, 0.29) is 0 Å². The Morgan fingerprint density at radius 2 is 1.55 bits per heavy atom. The summed E-state index contributed by atoms with van der Waals surface area (Å²) in [5.41, 5.74) is 0.919. The van der Waals surface area contributed by atoms with E-state index >= 15 is 0 Å². The Hall–Kier alpha value is -1.55. The van der Waals surface area contributed by atoms with Gasteiger partial charge in [-0.25, -0.2) is 0 Å². The predicted octanol–water partition coefficient (Wildman–Crippen LogP) is 4.51. The number of aliphatic hydroxyl groups excluding tert-OH is 1. The maximum Gasteiger partial charge on any atom is 0.127 e. The van der Waals surface area contributed by atoms with Crippen molar-refractivity contribution in [2.75, 3.05) is 20.6 Å². The summed E-state index contributed by atoms with van der Waals surface area (Å²) in [6, 6.07) is 14.8. The number of aliphatic hydroxyl groups is 1. The van der Waals surface area contributed by atoms with E-state index in [0.717, 1.165) is 36.4 Å². The Morgan fingerprint density at radius 1 is 1.00 bits per heavy atom. The molecular formula is C18H22ClNO2. The average Bonchev–Trinajstić information content (AvgIpc) is 2.50. The molecule has 3 nitrogen and oxygen atoms in total. The molecule has 118 valence electrons. The van der Waals surface area contributed by atoms with Gasteiger partial charge in [-0.1, -0.05) is 23.7 Å². The number of ether oxygens (including phenoxy) is 1. The zero-order valence-corrected chi connectivity index (χ0v) is 13.8. The summed E-state index contributed by atoms with van der Waals surface area (Å²) in [6.07, 6.45) is 1.30. The van der Waals surface area contributed by atoms with Gasteiger partial charge in [0.05, 0.1) is 6.10 Å². The van der Waals surface area contributed by atoms with Gasteiger partial charge in [0.2, 0.25) is 0 Å². The highest BCUT2D eigenvalue weighted by Gasteiger charge is 2.08.